The first-order valence-electron chi connectivity index (χ1n) is 6.70. The Morgan fingerprint density at radius 1 is 1.26 bits per heavy atom. The molecule has 1 N–H and O–H groups in total. The smallest absolute Gasteiger partial charge is 0.162 e. The van der Waals surface area contributed by atoms with E-state index in [0.29, 0.717) is 13.2 Å². The molecule has 1 aromatic rings. The van der Waals surface area contributed by atoms with Gasteiger partial charge in [-0.3, -0.25) is 0 Å². The average Bonchev–Trinajstić information content (AvgIpc) is 2.76. The van der Waals surface area contributed by atoms with Crippen LogP contribution in [0.2, 0.25) is 0 Å². The molecule has 2 rings (SSSR count). The van der Waals surface area contributed by atoms with Gasteiger partial charge in [0.05, 0.1) is 19.3 Å². The van der Waals surface area contributed by atoms with E-state index in [1.165, 1.54) is 0 Å². The van der Waals surface area contributed by atoms with Crippen molar-refractivity contribution in [2.24, 2.45) is 0 Å². The lowest BCUT2D eigenvalue weighted by Gasteiger charge is -2.23. The van der Waals surface area contributed by atoms with Crippen LogP contribution in [0, 0.1) is 0 Å². The Hall–Kier alpha value is -0.940. The molecule has 0 radical (unpaired) electrons. The van der Waals surface area contributed by atoms with E-state index >= 15 is 0 Å². The number of rotatable bonds is 6. The highest BCUT2D eigenvalue weighted by Crippen LogP contribution is 2.24. The molecule has 0 spiro atoms. The van der Waals surface area contributed by atoms with Crippen molar-refractivity contribution in [3.63, 3.8) is 0 Å². The van der Waals surface area contributed by atoms with Gasteiger partial charge in [0.1, 0.15) is 0 Å². The molecule has 1 aliphatic heterocycles. The number of hydrogen-bond donors (Lipinski definition) is 1. The molecule has 1 aromatic carbocycles. The van der Waals surface area contributed by atoms with Gasteiger partial charge >= 0.3 is 0 Å². The van der Waals surface area contributed by atoms with Gasteiger partial charge in [0, 0.05) is 6.42 Å². The zero-order valence-corrected chi connectivity index (χ0v) is 11.5. The molecule has 4 nitrogen and oxygen atoms in total. The maximum absolute atomic E-state index is 9.56. The summed E-state index contributed by atoms with van der Waals surface area (Å²) >= 11 is 0. The summed E-state index contributed by atoms with van der Waals surface area (Å²) in [7, 11) is 0. The van der Waals surface area contributed by atoms with Crippen LogP contribution < -0.4 is 0 Å². The molecule has 0 aliphatic carbocycles. The molecule has 19 heavy (non-hydrogen) atoms. The lowest BCUT2D eigenvalue weighted by molar-refractivity contribution is -0.270. The van der Waals surface area contributed by atoms with E-state index in [4.69, 9.17) is 14.2 Å². The molecule has 1 aliphatic rings. The predicted molar refractivity (Wildman–Crippen MR) is 71.4 cm³/mol. The Kier molecular flexibility index (Phi) is 4.93. The van der Waals surface area contributed by atoms with Gasteiger partial charge < -0.3 is 19.3 Å². The van der Waals surface area contributed by atoms with E-state index in [0.717, 1.165) is 18.4 Å². The Morgan fingerprint density at radius 2 is 2.00 bits per heavy atom. The van der Waals surface area contributed by atoms with Gasteiger partial charge in [0.2, 0.25) is 0 Å². The SMILES string of the molecule is CC(C)(O)O[C@@H]1CCC(COCc2ccccc2)O1. The van der Waals surface area contributed by atoms with Crippen LogP contribution >= 0.6 is 0 Å². The quantitative estimate of drug-likeness (QED) is 0.803. The number of benzene rings is 1. The minimum absolute atomic E-state index is 0.0519. The third-order valence-electron chi connectivity index (χ3n) is 2.90. The van der Waals surface area contributed by atoms with Crippen molar-refractivity contribution >= 4 is 0 Å². The van der Waals surface area contributed by atoms with Gasteiger partial charge in [0.15, 0.2) is 12.1 Å². The maximum atomic E-state index is 9.56. The molecule has 0 aromatic heterocycles. The van der Waals surface area contributed by atoms with Crippen LogP contribution in [0.4, 0.5) is 0 Å². The van der Waals surface area contributed by atoms with Crippen molar-refractivity contribution in [2.45, 2.75) is 51.5 Å². The lowest BCUT2D eigenvalue weighted by atomic mass is 10.2. The molecule has 1 heterocycles. The largest absolute Gasteiger partial charge is 0.374 e. The highest BCUT2D eigenvalue weighted by molar-refractivity contribution is 5.13. The summed E-state index contributed by atoms with van der Waals surface area (Å²) in [6, 6.07) is 10.1. The van der Waals surface area contributed by atoms with E-state index in [2.05, 4.69) is 0 Å². The summed E-state index contributed by atoms with van der Waals surface area (Å²) in [5, 5.41) is 9.56. The number of aliphatic hydroxyl groups is 1. The first-order valence-corrected chi connectivity index (χ1v) is 6.70. The van der Waals surface area contributed by atoms with Gasteiger partial charge in [-0.15, -0.1) is 0 Å². The summed E-state index contributed by atoms with van der Waals surface area (Å²) < 4.78 is 16.7. The van der Waals surface area contributed by atoms with Crippen LogP contribution in [-0.4, -0.2) is 29.9 Å². The topological polar surface area (TPSA) is 47.9 Å². The zero-order chi connectivity index (χ0) is 13.7. The lowest BCUT2D eigenvalue weighted by Crippen LogP contribution is -2.30. The first kappa shape index (κ1) is 14.5. The van der Waals surface area contributed by atoms with E-state index in [9.17, 15) is 5.11 Å². The van der Waals surface area contributed by atoms with Gasteiger partial charge in [-0.1, -0.05) is 30.3 Å². The number of hydrogen-bond acceptors (Lipinski definition) is 4. The van der Waals surface area contributed by atoms with Crippen molar-refractivity contribution in [2.75, 3.05) is 6.61 Å². The molecule has 1 unspecified atom stereocenters. The van der Waals surface area contributed by atoms with Gasteiger partial charge in [-0.2, -0.15) is 0 Å². The highest BCUT2D eigenvalue weighted by Gasteiger charge is 2.30. The molecule has 4 heteroatoms. The second-order valence-corrected chi connectivity index (χ2v) is 5.33. The Balaban J connectivity index is 1.66. The standard InChI is InChI=1S/C15H22O4/c1-15(2,16)19-14-9-8-13(18-14)11-17-10-12-6-4-3-5-7-12/h3-7,13-14,16H,8-11H2,1-2H3/t13?,14-/m1/s1. The Bertz CT molecular complexity index is 371. The van der Waals surface area contributed by atoms with Crippen molar-refractivity contribution in [3.05, 3.63) is 35.9 Å². The molecule has 2 atom stereocenters. The molecule has 1 saturated heterocycles. The fraction of sp³-hybridized carbons (Fsp3) is 0.600. The maximum Gasteiger partial charge on any atom is 0.162 e. The van der Waals surface area contributed by atoms with Gasteiger partial charge in [0.25, 0.3) is 0 Å². The molecule has 0 saturated carbocycles. The van der Waals surface area contributed by atoms with E-state index < -0.39 is 5.79 Å². The molecular formula is C15H22O4. The minimum Gasteiger partial charge on any atom is -0.374 e. The fourth-order valence-corrected chi connectivity index (χ4v) is 2.09. The monoisotopic (exact) mass is 266 g/mol. The van der Waals surface area contributed by atoms with Crippen LogP contribution in [-0.2, 0) is 20.8 Å². The van der Waals surface area contributed by atoms with Crippen molar-refractivity contribution in [1.29, 1.82) is 0 Å². The Morgan fingerprint density at radius 3 is 2.68 bits per heavy atom. The zero-order valence-electron chi connectivity index (χ0n) is 11.5. The van der Waals surface area contributed by atoms with Crippen molar-refractivity contribution in [1.82, 2.24) is 0 Å². The molecular weight excluding hydrogens is 244 g/mol. The summed E-state index contributed by atoms with van der Waals surface area (Å²) in [4.78, 5) is 0. The van der Waals surface area contributed by atoms with Crippen molar-refractivity contribution < 1.29 is 19.3 Å². The molecule has 106 valence electrons. The van der Waals surface area contributed by atoms with Crippen LogP contribution in [0.1, 0.15) is 32.3 Å². The third-order valence-corrected chi connectivity index (χ3v) is 2.90. The molecule has 1 fully saturated rings. The van der Waals surface area contributed by atoms with E-state index in [1.54, 1.807) is 13.8 Å². The van der Waals surface area contributed by atoms with Crippen LogP contribution in [0.5, 0.6) is 0 Å². The normalized spacial score (nSPS) is 23.7. The fourth-order valence-electron chi connectivity index (χ4n) is 2.09. The number of ether oxygens (including phenoxy) is 3. The van der Waals surface area contributed by atoms with Gasteiger partial charge in [-0.25, -0.2) is 0 Å². The van der Waals surface area contributed by atoms with Crippen LogP contribution in [0.3, 0.4) is 0 Å². The van der Waals surface area contributed by atoms with E-state index in [-0.39, 0.29) is 12.4 Å². The predicted octanol–water partition coefficient (Wildman–Crippen LogP) is 2.45. The highest BCUT2D eigenvalue weighted by atomic mass is 16.7. The summed E-state index contributed by atoms with van der Waals surface area (Å²) in [5.41, 5.74) is 1.16. The summed E-state index contributed by atoms with van der Waals surface area (Å²) in [6.45, 7) is 4.36. The summed E-state index contributed by atoms with van der Waals surface area (Å²) in [6.07, 6.45) is 1.42. The van der Waals surface area contributed by atoms with Crippen molar-refractivity contribution in [3.8, 4) is 0 Å². The second-order valence-electron chi connectivity index (χ2n) is 5.33. The van der Waals surface area contributed by atoms with Crippen LogP contribution in [0.15, 0.2) is 30.3 Å². The van der Waals surface area contributed by atoms with Crippen LogP contribution in [0.25, 0.3) is 0 Å². The third kappa shape index (κ3) is 5.28. The molecule has 0 bridgehead atoms. The van der Waals surface area contributed by atoms with E-state index in [1.807, 2.05) is 30.3 Å². The first-order chi connectivity index (χ1) is 9.03. The van der Waals surface area contributed by atoms with Gasteiger partial charge in [-0.05, 0) is 25.8 Å². The second kappa shape index (κ2) is 6.48. The summed E-state index contributed by atoms with van der Waals surface area (Å²) in [5.74, 6) is -1.15. The Labute approximate surface area is 114 Å². The average molecular weight is 266 g/mol. The molecule has 0 amide bonds. The minimum atomic E-state index is -1.15.